The van der Waals surface area contributed by atoms with Gasteiger partial charge in [0.15, 0.2) is 0 Å². The van der Waals surface area contributed by atoms with Crippen LogP contribution in [-0.2, 0) is 0 Å². The summed E-state index contributed by atoms with van der Waals surface area (Å²) in [6.07, 6.45) is 4.94. The van der Waals surface area contributed by atoms with Crippen molar-refractivity contribution in [2.24, 2.45) is 0 Å². The maximum Gasteiger partial charge on any atom is 0.135 e. The van der Waals surface area contributed by atoms with Crippen LogP contribution >= 0.6 is 0 Å². The van der Waals surface area contributed by atoms with E-state index in [1.807, 2.05) is 42.5 Å². The number of hydrogen-bond donors (Lipinski definition) is 2. The number of aromatic amines is 2. The molecule has 160 valence electrons. The summed E-state index contributed by atoms with van der Waals surface area (Å²) >= 11 is 0. The van der Waals surface area contributed by atoms with Crippen LogP contribution in [0.1, 0.15) is 0 Å². The number of pyridine rings is 1. The Hall–Kier alpha value is -4.59. The molecule has 0 unspecified atom stereocenters. The van der Waals surface area contributed by atoms with Crippen molar-refractivity contribution in [2.75, 3.05) is 7.11 Å². The Morgan fingerprint density at radius 2 is 1.88 bits per heavy atom. The van der Waals surface area contributed by atoms with Crippen molar-refractivity contribution in [3.05, 3.63) is 79.0 Å². The molecule has 0 aliphatic rings. The first kappa shape index (κ1) is 19.1. The van der Waals surface area contributed by atoms with Crippen LogP contribution in [-0.4, -0.2) is 37.2 Å². The number of hydrogen-bond acceptors (Lipinski definition) is 5. The second-order valence-electron chi connectivity index (χ2n) is 7.59. The van der Waals surface area contributed by atoms with Crippen molar-refractivity contribution in [3.8, 4) is 39.7 Å². The number of ether oxygens (including phenoxy) is 1. The van der Waals surface area contributed by atoms with E-state index in [1.54, 1.807) is 18.6 Å². The lowest BCUT2D eigenvalue weighted by atomic mass is 10.0. The fraction of sp³-hybridized carbons (Fsp3) is 0.0400. The summed E-state index contributed by atoms with van der Waals surface area (Å²) in [5, 5.41) is 8.49. The third-order valence-electron chi connectivity index (χ3n) is 5.57. The average molecular weight is 436 g/mol. The van der Waals surface area contributed by atoms with Crippen LogP contribution in [0.3, 0.4) is 0 Å². The van der Waals surface area contributed by atoms with E-state index in [-0.39, 0.29) is 5.82 Å². The number of halogens is 1. The summed E-state index contributed by atoms with van der Waals surface area (Å²) in [6.45, 7) is 0. The molecular weight excluding hydrogens is 419 g/mol. The summed E-state index contributed by atoms with van der Waals surface area (Å²) in [5.74, 6) is 0.118. The van der Waals surface area contributed by atoms with Crippen LogP contribution < -0.4 is 4.74 Å². The van der Waals surface area contributed by atoms with Gasteiger partial charge in [0.05, 0.1) is 30.2 Å². The van der Waals surface area contributed by atoms with E-state index in [0.717, 1.165) is 38.8 Å². The predicted octanol–water partition coefficient (Wildman–Crippen LogP) is 5.38. The Balaban J connectivity index is 1.50. The smallest absolute Gasteiger partial charge is 0.135 e. The number of nitrogens with one attached hydrogen (secondary N) is 2. The normalized spacial score (nSPS) is 11.3. The third kappa shape index (κ3) is 3.28. The van der Waals surface area contributed by atoms with Gasteiger partial charge < -0.3 is 9.72 Å². The molecular formula is C25H17FN6O. The molecule has 0 radical (unpaired) electrons. The molecule has 6 aromatic rings. The SMILES string of the molecule is COc1cc(F)cc(-c2cccc3[nH]c(-c4n[nH]c5ccc(-c6cnccn6)nc45)cc23)c1. The van der Waals surface area contributed by atoms with E-state index in [2.05, 4.69) is 25.1 Å². The number of benzene rings is 2. The number of aromatic nitrogens is 6. The zero-order valence-corrected chi connectivity index (χ0v) is 17.5. The Morgan fingerprint density at radius 3 is 2.73 bits per heavy atom. The van der Waals surface area contributed by atoms with E-state index in [0.29, 0.717) is 22.8 Å². The molecule has 0 aliphatic carbocycles. The Morgan fingerprint density at radius 1 is 0.939 bits per heavy atom. The van der Waals surface area contributed by atoms with E-state index < -0.39 is 0 Å². The van der Waals surface area contributed by atoms with Gasteiger partial charge in [0, 0.05) is 29.4 Å². The molecule has 8 heteroatoms. The van der Waals surface area contributed by atoms with Gasteiger partial charge in [-0.3, -0.25) is 15.1 Å². The molecule has 2 N–H and O–H groups in total. The Labute approximate surface area is 187 Å². The van der Waals surface area contributed by atoms with Gasteiger partial charge in [-0.05, 0) is 47.5 Å². The van der Waals surface area contributed by atoms with Crippen LogP contribution in [0.2, 0.25) is 0 Å². The first-order chi connectivity index (χ1) is 16.2. The highest BCUT2D eigenvalue weighted by atomic mass is 19.1. The summed E-state index contributed by atoms with van der Waals surface area (Å²) in [7, 11) is 1.53. The van der Waals surface area contributed by atoms with E-state index in [9.17, 15) is 4.39 Å². The highest BCUT2D eigenvalue weighted by Crippen LogP contribution is 2.35. The Bertz CT molecular complexity index is 1620. The standard InChI is InChI=1S/C25H17FN6O/c1-33-16-10-14(9-15(26)11-16)17-3-2-4-19-18(17)12-22(29-19)25-24-21(31-32-25)6-5-20(30-24)23-13-27-7-8-28-23/h2-13,29H,1H3,(H,31,32). The second-order valence-corrected chi connectivity index (χ2v) is 7.59. The van der Waals surface area contributed by atoms with Gasteiger partial charge in [-0.1, -0.05) is 12.1 Å². The number of rotatable bonds is 4. The molecule has 2 aromatic carbocycles. The number of methoxy groups -OCH3 is 1. The summed E-state index contributed by atoms with van der Waals surface area (Å²) in [5.41, 5.74) is 6.95. The van der Waals surface area contributed by atoms with Crippen molar-refractivity contribution in [3.63, 3.8) is 0 Å². The highest BCUT2D eigenvalue weighted by molar-refractivity contribution is 6.00. The monoisotopic (exact) mass is 436 g/mol. The lowest BCUT2D eigenvalue weighted by Crippen LogP contribution is -1.89. The molecule has 0 aliphatic heterocycles. The molecule has 4 heterocycles. The maximum atomic E-state index is 14.2. The molecule has 0 atom stereocenters. The lowest BCUT2D eigenvalue weighted by molar-refractivity contribution is 0.411. The van der Waals surface area contributed by atoms with Crippen LogP contribution in [0, 0.1) is 5.82 Å². The summed E-state index contributed by atoms with van der Waals surface area (Å²) < 4.78 is 19.4. The largest absolute Gasteiger partial charge is 0.497 e. The average Bonchev–Trinajstić information content (AvgIpc) is 3.47. The second kappa shape index (κ2) is 7.52. The topological polar surface area (TPSA) is 92.4 Å². The number of fused-ring (bicyclic) bond motifs is 2. The molecule has 4 aromatic heterocycles. The molecule has 0 fully saturated rings. The van der Waals surface area contributed by atoms with Gasteiger partial charge in [-0.15, -0.1) is 0 Å². The fourth-order valence-corrected chi connectivity index (χ4v) is 4.03. The number of H-pyrrole nitrogens is 2. The first-order valence-electron chi connectivity index (χ1n) is 10.3. The van der Waals surface area contributed by atoms with Gasteiger partial charge in [0.1, 0.15) is 28.5 Å². The number of nitrogens with zero attached hydrogens (tertiary/aromatic N) is 4. The molecule has 0 saturated heterocycles. The van der Waals surface area contributed by atoms with Crippen LogP contribution in [0.25, 0.3) is 55.8 Å². The molecule has 33 heavy (non-hydrogen) atoms. The summed E-state index contributed by atoms with van der Waals surface area (Å²) in [4.78, 5) is 16.7. The van der Waals surface area contributed by atoms with Gasteiger partial charge in [0.25, 0.3) is 0 Å². The maximum absolute atomic E-state index is 14.2. The zero-order valence-electron chi connectivity index (χ0n) is 17.5. The minimum Gasteiger partial charge on any atom is -0.497 e. The van der Waals surface area contributed by atoms with Gasteiger partial charge >= 0.3 is 0 Å². The highest BCUT2D eigenvalue weighted by Gasteiger charge is 2.16. The van der Waals surface area contributed by atoms with Gasteiger partial charge in [-0.2, -0.15) is 5.10 Å². The molecule has 6 rings (SSSR count). The first-order valence-corrected chi connectivity index (χ1v) is 10.3. The van der Waals surface area contributed by atoms with Gasteiger partial charge in [0.2, 0.25) is 0 Å². The zero-order chi connectivity index (χ0) is 22.4. The molecule has 0 amide bonds. The predicted molar refractivity (Wildman–Crippen MR) is 124 cm³/mol. The van der Waals surface area contributed by atoms with Crippen LogP contribution in [0.15, 0.2) is 73.2 Å². The van der Waals surface area contributed by atoms with Crippen molar-refractivity contribution in [2.45, 2.75) is 0 Å². The fourth-order valence-electron chi connectivity index (χ4n) is 4.03. The van der Waals surface area contributed by atoms with Crippen LogP contribution in [0.5, 0.6) is 5.75 Å². The van der Waals surface area contributed by atoms with Crippen molar-refractivity contribution < 1.29 is 9.13 Å². The van der Waals surface area contributed by atoms with Gasteiger partial charge in [-0.25, -0.2) is 9.37 Å². The van der Waals surface area contributed by atoms with E-state index in [1.165, 1.54) is 19.2 Å². The third-order valence-corrected chi connectivity index (χ3v) is 5.57. The van der Waals surface area contributed by atoms with E-state index >= 15 is 0 Å². The van der Waals surface area contributed by atoms with Crippen molar-refractivity contribution >= 4 is 21.9 Å². The minimum atomic E-state index is -0.351. The summed E-state index contributed by atoms with van der Waals surface area (Å²) in [6, 6.07) is 16.4. The molecule has 0 spiro atoms. The minimum absolute atomic E-state index is 0.351. The molecule has 0 bridgehead atoms. The van der Waals surface area contributed by atoms with E-state index in [4.69, 9.17) is 9.72 Å². The van der Waals surface area contributed by atoms with Crippen LogP contribution in [0.4, 0.5) is 4.39 Å². The van der Waals surface area contributed by atoms with Crippen molar-refractivity contribution in [1.82, 2.24) is 30.1 Å². The lowest BCUT2D eigenvalue weighted by Gasteiger charge is -2.07. The molecule has 0 saturated carbocycles. The van der Waals surface area contributed by atoms with Crippen molar-refractivity contribution in [1.29, 1.82) is 0 Å². The molecule has 7 nitrogen and oxygen atoms in total. The Kier molecular flexibility index (Phi) is 4.36. The quantitative estimate of drug-likeness (QED) is 0.387.